The molecule has 4 heteroatoms. The maximum absolute atomic E-state index is 7.41. The van der Waals surface area contributed by atoms with Crippen LogP contribution in [0.25, 0.3) is 5.73 Å². The third-order valence-electron chi connectivity index (χ3n) is 1.41. The Labute approximate surface area is 87.4 Å². The van der Waals surface area contributed by atoms with Crippen LogP contribution in [0.5, 0.6) is 11.5 Å². The van der Waals surface area contributed by atoms with Crippen molar-refractivity contribution in [3.63, 3.8) is 0 Å². The van der Waals surface area contributed by atoms with Crippen molar-refractivity contribution in [1.29, 1.82) is 0 Å². The van der Waals surface area contributed by atoms with Gasteiger partial charge in [-0.15, -0.1) is 0 Å². The summed E-state index contributed by atoms with van der Waals surface area (Å²) in [4.78, 5) is 0. The number of hydrogen-bond donors (Lipinski definition) is 0. The molecule has 3 nitrogen and oxygen atoms in total. The molecule has 0 fully saturated rings. The average Bonchev–Trinajstić information content (AvgIpc) is 2.04. The van der Waals surface area contributed by atoms with Gasteiger partial charge < -0.3 is 15.2 Å². The molecule has 1 aromatic rings. The molecule has 0 heterocycles. The Kier molecular flexibility index (Phi) is 4.81. The number of rotatable bonds is 2. The van der Waals surface area contributed by atoms with E-state index in [4.69, 9.17) is 15.2 Å². The fourth-order valence-corrected chi connectivity index (χ4v) is 0.814. The monoisotopic (exact) mass is 333 g/mol. The van der Waals surface area contributed by atoms with Crippen molar-refractivity contribution in [2.24, 2.45) is 0 Å². The van der Waals surface area contributed by atoms with Gasteiger partial charge in [0.15, 0.2) is 0 Å². The molecule has 1 radical (unpaired) electrons. The van der Waals surface area contributed by atoms with Gasteiger partial charge in [-0.05, 0) is 18.2 Å². The molecule has 12 heavy (non-hydrogen) atoms. The minimum absolute atomic E-state index is 0. The van der Waals surface area contributed by atoms with E-state index in [2.05, 4.69) is 0 Å². The van der Waals surface area contributed by atoms with Crippen molar-refractivity contribution >= 4 is 5.69 Å². The second-order valence-electron chi connectivity index (χ2n) is 2.07. The molecule has 0 saturated heterocycles. The zero-order chi connectivity index (χ0) is 8.27. The zero-order valence-corrected chi connectivity index (χ0v) is 10.2. The summed E-state index contributed by atoms with van der Waals surface area (Å²) < 4.78 is 9.82. The first-order chi connectivity index (χ1) is 5.27. The maximum Gasteiger partial charge on any atom is 0.117 e. The number of benzene rings is 1. The molecule has 0 unspecified atom stereocenters. The van der Waals surface area contributed by atoms with Crippen LogP contribution in [0.15, 0.2) is 18.2 Å². The summed E-state index contributed by atoms with van der Waals surface area (Å²) in [6.07, 6.45) is 0. The van der Waals surface area contributed by atoms with Crippen LogP contribution in [0.2, 0.25) is 0 Å². The second kappa shape index (κ2) is 5.09. The summed E-state index contributed by atoms with van der Waals surface area (Å²) in [7, 11) is 3.11. The van der Waals surface area contributed by atoms with Gasteiger partial charge in [0.2, 0.25) is 0 Å². The molecule has 1 N–H and O–H groups in total. The van der Waals surface area contributed by atoms with Crippen molar-refractivity contribution in [1.82, 2.24) is 0 Å². The fourth-order valence-electron chi connectivity index (χ4n) is 0.814. The maximum atomic E-state index is 7.41. The van der Waals surface area contributed by atoms with Gasteiger partial charge >= 0.3 is 0 Å². The van der Waals surface area contributed by atoms with Crippen LogP contribution in [0.3, 0.4) is 0 Å². The van der Waals surface area contributed by atoms with Gasteiger partial charge in [0.25, 0.3) is 0 Å². The molecule has 65 valence electrons. The molecule has 1 rings (SSSR count). The quantitative estimate of drug-likeness (QED) is 0.834. The molecular weight excluding hydrogens is 323 g/mol. The minimum atomic E-state index is 0. The third kappa shape index (κ3) is 2.44. The largest absolute Gasteiger partial charge is 0.696 e. The predicted molar refractivity (Wildman–Crippen MR) is 43.5 cm³/mol. The number of ether oxygens (including phenoxy) is 2. The smallest absolute Gasteiger partial charge is 0.117 e. The molecule has 0 aromatic heterocycles. The van der Waals surface area contributed by atoms with E-state index in [-0.39, 0.29) is 22.4 Å². The van der Waals surface area contributed by atoms with Crippen molar-refractivity contribution in [3.8, 4) is 11.5 Å². The molecule has 0 spiro atoms. The SMILES string of the molecule is COc1ccc(OC)c([NH-])c1.[Ta]. The Hall–Kier alpha value is -0.640. The molecule has 0 saturated carbocycles. The van der Waals surface area contributed by atoms with Crippen molar-refractivity contribution in [2.75, 3.05) is 14.2 Å². The normalized spacial score (nSPS) is 8.50. The molecule has 0 bridgehead atoms. The van der Waals surface area contributed by atoms with E-state index >= 15 is 0 Å². The third-order valence-corrected chi connectivity index (χ3v) is 1.41. The summed E-state index contributed by atoms with van der Waals surface area (Å²) >= 11 is 0. The molecule has 0 aliphatic heterocycles. The van der Waals surface area contributed by atoms with Gasteiger partial charge in [0.1, 0.15) is 11.5 Å². The van der Waals surface area contributed by atoms with Crippen LogP contribution in [-0.4, -0.2) is 14.2 Å². The Morgan fingerprint density at radius 2 is 1.83 bits per heavy atom. The van der Waals surface area contributed by atoms with E-state index in [0.29, 0.717) is 17.2 Å². The Morgan fingerprint density at radius 1 is 1.17 bits per heavy atom. The van der Waals surface area contributed by atoms with E-state index in [1.54, 1.807) is 32.4 Å². The Bertz CT molecular complexity index is 253. The topological polar surface area (TPSA) is 42.3 Å². The summed E-state index contributed by atoms with van der Waals surface area (Å²) in [6.45, 7) is 0. The van der Waals surface area contributed by atoms with Gasteiger partial charge in [-0.3, -0.25) is 0 Å². The van der Waals surface area contributed by atoms with E-state index in [1.165, 1.54) is 0 Å². The number of methoxy groups -OCH3 is 2. The second-order valence-corrected chi connectivity index (χ2v) is 2.07. The minimum Gasteiger partial charge on any atom is -0.696 e. The van der Waals surface area contributed by atoms with E-state index in [0.717, 1.165) is 0 Å². The molecule has 0 amide bonds. The summed E-state index contributed by atoms with van der Waals surface area (Å²) in [5, 5.41) is 0. The zero-order valence-electron chi connectivity index (χ0n) is 7.00. The van der Waals surface area contributed by atoms with Gasteiger partial charge in [-0.1, -0.05) is 5.69 Å². The molecular formula is C8H10NO2Ta-. The molecule has 1 aromatic carbocycles. The molecule has 0 aliphatic rings. The summed E-state index contributed by atoms with van der Waals surface area (Å²) in [5.41, 5.74) is 7.75. The summed E-state index contributed by atoms with van der Waals surface area (Å²) in [5.74, 6) is 1.24. The van der Waals surface area contributed by atoms with Crippen LogP contribution in [0, 0.1) is 0 Å². The number of hydrogen-bond acceptors (Lipinski definition) is 2. The van der Waals surface area contributed by atoms with Crippen molar-refractivity contribution in [2.45, 2.75) is 0 Å². The first kappa shape index (κ1) is 11.4. The molecule has 0 aliphatic carbocycles. The van der Waals surface area contributed by atoms with E-state index < -0.39 is 0 Å². The first-order valence-corrected chi connectivity index (χ1v) is 3.21. The van der Waals surface area contributed by atoms with Crippen LogP contribution in [-0.2, 0) is 22.4 Å². The summed E-state index contributed by atoms with van der Waals surface area (Å²) in [6, 6.07) is 5.08. The van der Waals surface area contributed by atoms with Crippen LogP contribution >= 0.6 is 0 Å². The van der Waals surface area contributed by atoms with E-state index in [9.17, 15) is 0 Å². The van der Waals surface area contributed by atoms with Gasteiger partial charge in [0.05, 0.1) is 14.2 Å². The van der Waals surface area contributed by atoms with E-state index in [1.807, 2.05) is 0 Å². The molecule has 0 atom stereocenters. The average molecular weight is 333 g/mol. The first-order valence-electron chi connectivity index (χ1n) is 3.21. The van der Waals surface area contributed by atoms with Crippen molar-refractivity contribution < 1.29 is 31.9 Å². The van der Waals surface area contributed by atoms with Crippen LogP contribution in [0.4, 0.5) is 5.69 Å². The Morgan fingerprint density at radius 3 is 2.25 bits per heavy atom. The van der Waals surface area contributed by atoms with Crippen LogP contribution in [0.1, 0.15) is 0 Å². The Balaban J connectivity index is 0.00000121. The van der Waals surface area contributed by atoms with Gasteiger partial charge in [-0.2, -0.15) is 0 Å². The predicted octanol–water partition coefficient (Wildman–Crippen LogP) is 2.38. The number of nitrogens with one attached hydrogen (secondary N) is 1. The van der Waals surface area contributed by atoms with Gasteiger partial charge in [0, 0.05) is 22.4 Å². The van der Waals surface area contributed by atoms with Crippen molar-refractivity contribution in [3.05, 3.63) is 23.9 Å². The van der Waals surface area contributed by atoms with Gasteiger partial charge in [-0.25, -0.2) is 0 Å². The van der Waals surface area contributed by atoms with Crippen LogP contribution < -0.4 is 9.47 Å². The standard InChI is InChI=1S/C8H10NO2.Ta/c1-10-6-3-4-8(11-2)7(9)5-6;/h3-5,9H,1-2H3;/q-1;. The fraction of sp³-hybridized carbons (Fsp3) is 0.250.